The molecule has 1 aromatic heterocycles. The van der Waals surface area contributed by atoms with Crippen molar-refractivity contribution in [1.29, 1.82) is 0 Å². The molecule has 4 rings (SSSR count). The van der Waals surface area contributed by atoms with Gasteiger partial charge in [0, 0.05) is 28.8 Å². The van der Waals surface area contributed by atoms with Gasteiger partial charge in [-0.2, -0.15) is 5.10 Å². The molecule has 0 bridgehead atoms. The normalized spacial score (nSPS) is 13.3. The molecule has 1 amide bonds. The van der Waals surface area contributed by atoms with Crippen molar-refractivity contribution in [3.63, 3.8) is 0 Å². The highest BCUT2D eigenvalue weighted by Gasteiger charge is 2.19. The summed E-state index contributed by atoms with van der Waals surface area (Å²) in [6.07, 6.45) is 1.79. The molecule has 9 heteroatoms. The van der Waals surface area contributed by atoms with Crippen LogP contribution in [0.3, 0.4) is 0 Å². The zero-order valence-corrected chi connectivity index (χ0v) is 15.9. The van der Waals surface area contributed by atoms with Gasteiger partial charge < -0.3 is 15.2 Å². The Labute approximate surface area is 170 Å². The maximum atomic E-state index is 13.9. The van der Waals surface area contributed by atoms with Crippen LogP contribution in [0.4, 0.5) is 10.2 Å². The highest BCUT2D eigenvalue weighted by atomic mass is 35.5. The zero-order chi connectivity index (χ0) is 20.4. The second kappa shape index (κ2) is 8.02. The number of nitrogens with zero attached hydrogens (tertiary/aromatic N) is 2. The van der Waals surface area contributed by atoms with E-state index < -0.39 is 11.7 Å². The van der Waals surface area contributed by atoms with Crippen LogP contribution in [-0.2, 0) is 17.8 Å². The van der Waals surface area contributed by atoms with E-state index in [-0.39, 0.29) is 24.8 Å². The van der Waals surface area contributed by atoms with Crippen LogP contribution < -0.4 is 10.5 Å². The highest BCUT2D eigenvalue weighted by molar-refractivity contribution is 6.30. The van der Waals surface area contributed by atoms with Crippen LogP contribution >= 0.6 is 11.6 Å². The Hall–Kier alpha value is -3.23. The largest absolute Gasteiger partial charge is 0.466 e. The first-order valence-electron chi connectivity index (χ1n) is 8.70. The molecule has 1 aliphatic heterocycles. The molecule has 3 N–H and O–H groups in total. The van der Waals surface area contributed by atoms with Crippen molar-refractivity contribution in [3.8, 4) is 5.75 Å². The summed E-state index contributed by atoms with van der Waals surface area (Å²) in [5.74, 6) is -0.508. The number of rotatable bonds is 5. The Bertz CT molecular complexity index is 1100. The molecule has 3 aromatic rings. The molecular formula is C20H16ClFN4O3. The lowest BCUT2D eigenvalue weighted by Gasteiger charge is -2.19. The van der Waals surface area contributed by atoms with Crippen LogP contribution in [0.25, 0.3) is 0 Å². The number of nitrogens with two attached hydrogens (primary N) is 1. The molecule has 0 unspecified atom stereocenters. The number of benzene rings is 2. The molecular weight excluding hydrogens is 399 g/mol. The number of carbonyl (C=O) groups is 1. The van der Waals surface area contributed by atoms with Crippen LogP contribution in [0.1, 0.15) is 32.7 Å². The SMILES string of the molecule is NC(=O)c1c(N=Cc2cc(F)cc3c2OCOC3)n[nH]c1Cc1ccc(Cl)cc1. The van der Waals surface area contributed by atoms with Gasteiger partial charge in [0.05, 0.1) is 12.3 Å². The molecule has 148 valence electrons. The molecule has 0 saturated carbocycles. The van der Waals surface area contributed by atoms with E-state index in [1.54, 1.807) is 12.1 Å². The highest BCUT2D eigenvalue weighted by Crippen LogP contribution is 2.29. The van der Waals surface area contributed by atoms with Gasteiger partial charge in [0.25, 0.3) is 5.91 Å². The van der Waals surface area contributed by atoms with E-state index in [2.05, 4.69) is 15.2 Å². The van der Waals surface area contributed by atoms with Gasteiger partial charge in [-0.25, -0.2) is 9.38 Å². The topological polar surface area (TPSA) is 103 Å². The fraction of sp³-hybridized carbons (Fsp3) is 0.150. The summed E-state index contributed by atoms with van der Waals surface area (Å²) in [5.41, 5.74) is 8.16. The van der Waals surface area contributed by atoms with Gasteiger partial charge in [0.2, 0.25) is 0 Å². The van der Waals surface area contributed by atoms with Crippen LogP contribution in [-0.4, -0.2) is 29.1 Å². The number of amides is 1. The number of aromatic nitrogens is 2. The lowest BCUT2D eigenvalue weighted by atomic mass is 10.1. The third kappa shape index (κ3) is 4.13. The third-order valence-corrected chi connectivity index (χ3v) is 4.64. The molecule has 0 atom stereocenters. The van der Waals surface area contributed by atoms with Crippen molar-refractivity contribution >= 4 is 29.5 Å². The minimum atomic E-state index is -0.666. The standard InChI is InChI=1S/C20H16ClFN4O3/c21-14-3-1-11(2-4-14)5-16-17(19(23)27)20(26-25-16)24-8-12-6-15(22)7-13-9-28-10-29-18(12)13/h1-4,6-8H,5,9-10H2,(H2,23,27)(H,25,26). The monoisotopic (exact) mass is 414 g/mol. The predicted octanol–water partition coefficient (Wildman–Crippen LogP) is 3.51. The van der Waals surface area contributed by atoms with Crippen molar-refractivity contribution in [2.45, 2.75) is 13.0 Å². The summed E-state index contributed by atoms with van der Waals surface area (Å²) in [4.78, 5) is 16.3. The molecule has 1 aliphatic rings. The van der Waals surface area contributed by atoms with Gasteiger partial charge in [-0.15, -0.1) is 0 Å². The minimum Gasteiger partial charge on any atom is -0.466 e. The number of aromatic amines is 1. The van der Waals surface area contributed by atoms with Gasteiger partial charge in [0.15, 0.2) is 12.6 Å². The lowest BCUT2D eigenvalue weighted by molar-refractivity contribution is -0.0166. The molecule has 0 radical (unpaired) electrons. The molecule has 0 spiro atoms. The first kappa shape index (κ1) is 19.1. The summed E-state index contributed by atoms with van der Waals surface area (Å²) < 4.78 is 24.5. The first-order valence-corrected chi connectivity index (χ1v) is 9.07. The number of carbonyl (C=O) groups excluding carboxylic acids is 1. The maximum Gasteiger partial charge on any atom is 0.254 e. The van der Waals surface area contributed by atoms with E-state index in [4.69, 9.17) is 26.8 Å². The van der Waals surface area contributed by atoms with Crippen LogP contribution in [0.5, 0.6) is 5.75 Å². The van der Waals surface area contributed by atoms with E-state index in [1.165, 1.54) is 18.3 Å². The number of H-pyrrole nitrogens is 1. The van der Waals surface area contributed by atoms with Crippen molar-refractivity contribution in [2.24, 2.45) is 10.7 Å². The van der Waals surface area contributed by atoms with Crippen molar-refractivity contribution in [2.75, 3.05) is 6.79 Å². The van der Waals surface area contributed by atoms with Crippen LogP contribution in [0, 0.1) is 5.82 Å². The number of hydrogen-bond acceptors (Lipinski definition) is 5. The second-order valence-corrected chi connectivity index (χ2v) is 6.86. The molecule has 2 heterocycles. The molecule has 0 saturated heterocycles. The van der Waals surface area contributed by atoms with Crippen LogP contribution in [0.15, 0.2) is 41.4 Å². The Kier molecular flexibility index (Phi) is 5.28. The molecule has 2 aromatic carbocycles. The summed E-state index contributed by atoms with van der Waals surface area (Å²) in [6, 6.07) is 9.84. The quantitative estimate of drug-likeness (QED) is 0.623. The fourth-order valence-electron chi connectivity index (χ4n) is 3.09. The van der Waals surface area contributed by atoms with E-state index in [0.717, 1.165) is 5.56 Å². The fourth-order valence-corrected chi connectivity index (χ4v) is 3.22. The third-order valence-electron chi connectivity index (χ3n) is 4.39. The number of hydrogen-bond donors (Lipinski definition) is 2. The van der Waals surface area contributed by atoms with E-state index >= 15 is 0 Å². The lowest BCUT2D eigenvalue weighted by Crippen LogP contribution is -2.14. The molecule has 29 heavy (non-hydrogen) atoms. The molecule has 7 nitrogen and oxygen atoms in total. The number of primary amides is 1. The summed E-state index contributed by atoms with van der Waals surface area (Å²) in [5, 5.41) is 7.51. The summed E-state index contributed by atoms with van der Waals surface area (Å²) in [7, 11) is 0. The van der Waals surface area contributed by atoms with Gasteiger partial charge in [-0.3, -0.25) is 9.89 Å². The van der Waals surface area contributed by atoms with Crippen molar-refractivity contribution in [3.05, 3.63) is 75.2 Å². The summed E-state index contributed by atoms with van der Waals surface area (Å²) >= 11 is 5.90. The molecule has 0 aliphatic carbocycles. The summed E-state index contributed by atoms with van der Waals surface area (Å²) in [6.45, 7) is 0.313. The van der Waals surface area contributed by atoms with E-state index in [9.17, 15) is 9.18 Å². The van der Waals surface area contributed by atoms with Gasteiger partial charge in [-0.05, 0) is 29.8 Å². The second-order valence-electron chi connectivity index (χ2n) is 6.42. The maximum absolute atomic E-state index is 13.9. The average Bonchev–Trinajstić information content (AvgIpc) is 3.10. The first-order chi connectivity index (χ1) is 14.0. The van der Waals surface area contributed by atoms with Crippen molar-refractivity contribution in [1.82, 2.24) is 10.2 Å². The van der Waals surface area contributed by atoms with Gasteiger partial charge >= 0.3 is 0 Å². The van der Waals surface area contributed by atoms with E-state index in [0.29, 0.717) is 34.0 Å². The molecule has 0 fully saturated rings. The zero-order valence-electron chi connectivity index (χ0n) is 15.1. The Morgan fingerprint density at radius 3 is 2.90 bits per heavy atom. The Morgan fingerprint density at radius 2 is 2.14 bits per heavy atom. The number of ether oxygens (including phenoxy) is 2. The number of nitrogens with one attached hydrogen (secondary N) is 1. The Morgan fingerprint density at radius 1 is 1.34 bits per heavy atom. The average molecular weight is 415 g/mol. The van der Waals surface area contributed by atoms with Gasteiger partial charge in [0.1, 0.15) is 17.1 Å². The van der Waals surface area contributed by atoms with E-state index in [1.807, 2.05) is 12.1 Å². The minimum absolute atomic E-state index is 0.0691. The van der Waals surface area contributed by atoms with Crippen LogP contribution in [0.2, 0.25) is 5.02 Å². The Balaban J connectivity index is 1.66. The predicted molar refractivity (Wildman–Crippen MR) is 105 cm³/mol. The number of aliphatic imine (C=N–C) groups is 1. The van der Waals surface area contributed by atoms with Crippen molar-refractivity contribution < 1.29 is 18.7 Å². The van der Waals surface area contributed by atoms with Gasteiger partial charge in [-0.1, -0.05) is 23.7 Å². The number of fused-ring (bicyclic) bond motifs is 1. The number of halogens is 2. The smallest absolute Gasteiger partial charge is 0.254 e.